The van der Waals surface area contributed by atoms with Crippen molar-refractivity contribution in [3.63, 3.8) is 0 Å². The molecule has 0 saturated carbocycles. The Labute approximate surface area is 127 Å². The second kappa shape index (κ2) is 6.37. The molecule has 0 saturated heterocycles. The first-order chi connectivity index (χ1) is 9.83. The standard InChI is InChI=1S/C16H17BrN2O/c17-14-9-12-5-8-20-16(12)13(10-14)11-18-7-4-15-3-1-2-6-19-15/h1-3,6,9-10,18H,4-5,7-8,11H2. The van der Waals surface area contributed by atoms with Crippen LogP contribution in [-0.4, -0.2) is 18.1 Å². The summed E-state index contributed by atoms with van der Waals surface area (Å²) in [5.41, 5.74) is 3.66. The number of hydrogen-bond acceptors (Lipinski definition) is 3. The van der Waals surface area contributed by atoms with E-state index in [1.54, 1.807) is 0 Å². The molecule has 104 valence electrons. The van der Waals surface area contributed by atoms with Gasteiger partial charge in [0.1, 0.15) is 5.75 Å². The summed E-state index contributed by atoms with van der Waals surface area (Å²) in [5.74, 6) is 1.07. The van der Waals surface area contributed by atoms with Crippen molar-refractivity contribution in [1.82, 2.24) is 10.3 Å². The van der Waals surface area contributed by atoms with Gasteiger partial charge in [-0.25, -0.2) is 0 Å². The number of nitrogens with zero attached hydrogens (tertiary/aromatic N) is 1. The van der Waals surface area contributed by atoms with Crippen molar-refractivity contribution in [2.75, 3.05) is 13.2 Å². The van der Waals surface area contributed by atoms with E-state index in [4.69, 9.17) is 4.74 Å². The molecule has 0 radical (unpaired) electrons. The number of nitrogens with one attached hydrogen (secondary N) is 1. The lowest BCUT2D eigenvalue weighted by molar-refractivity contribution is 0.352. The zero-order chi connectivity index (χ0) is 13.8. The third-order valence-corrected chi connectivity index (χ3v) is 3.88. The predicted molar refractivity (Wildman–Crippen MR) is 83.0 cm³/mol. The van der Waals surface area contributed by atoms with Gasteiger partial charge in [-0.05, 0) is 29.8 Å². The fourth-order valence-electron chi connectivity index (χ4n) is 2.46. The normalized spacial score (nSPS) is 13.1. The number of hydrogen-bond donors (Lipinski definition) is 1. The second-order valence-corrected chi connectivity index (χ2v) is 5.82. The smallest absolute Gasteiger partial charge is 0.127 e. The molecule has 0 spiro atoms. The van der Waals surface area contributed by atoms with E-state index in [9.17, 15) is 0 Å². The SMILES string of the molecule is Brc1cc2c(c(CNCCc3ccccn3)c1)OCC2. The molecule has 4 heteroatoms. The van der Waals surface area contributed by atoms with E-state index in [0.29, 0.717) is 0 Å². The summed E-state index contributed by atoms with van der Waals surface area (Å²) in [6.07, 6.45) is 3.79. The summed E-state index contributed by atoms with van der Waals surface area (Å²) in [7, 11) is 0. The summed E-state index contributed by atoms with van der Waals surface area (Å²) in [6, 6.07) is 10.3. The minimum atomic E-state index is 0.798. The van der Waals surface area contributed by atoms with Crippen LogP contribution in [0, 0.1) is 0 Å². The Balaban J connectivity index is 1.57. The highest BCUT2D eigenvalue weighted by Gasteiger charge is 2.16. The van der Waals surface area contributed by atoms with Gasteiger partial charge in [-0.1, -0.05) is 22.0 Å². The number of pyridine rings is 1. The van der Waals surface area contributed by atoms with Crippen LogP contribution < -0.4 is 10.1 Å². The zero-order valence-corrected chi connectivity index (χ0v) is 12.8. The van der Waals surface area contributed by atoms with E-state index in [1.807, 2.05) is 18.3 Å². The molecule has 1 aliphatic heterocycles. The summed E-state index contributed by atoms with van der Waals surface area (Å²) in [6.45, 7) is 2.54. The van der Waals surface area contributed by atoms with Crippen LogP contribution in [0.2, 0.25) is 0 Å². The molecule has 0 aliphatic carbocycles. The Morgan fingerprint density at radius 3 is 3.10 bits per heavy atom. The maximum atomic E-state index is 5.73. The largest absolute Gasteiger partial charge is 0.493 e. The number of aromatic nitrogens is 1. The van der Waals surface area contributed by atoms with Gasteiger partial charge in [0.25, 0.3) is 0 Å². The van der Waals surface area contributed by atoms with Crippen molar-refractivity contribution in [2.45, 2.75) is 19.4 Å². The molecule has 3 nitrogen and oxygen atoms in total. The Bertz CT molecular complexity index is 587. The maximum absolute atomic E-state index is 5.73. The molecule has 0 bridgehead atoms. The van der Waals surface area contributed by atoms with Crippen molar-refractivity contribution in [2.24, 2.45) is 0 Å². The van der Waals surface area contributed by atoms with Gasteiger partial charge in [-0.2, -0.15) is 0 Å². The Kier molecular flexibility index (Phi) is 4.33. The third-order valence-electron chi connectivity index (χ3n) is 3.42. The first-order valence-electron chi connectivity index (χ1n) is 6.87. The molecule has 2 aromatic rings. The maximum Gasteiger partial charge on any atom is 0.127 e. The van der Waals surface area contributed by atoms with E-state index in [2.05, 4.69) is 44.4 Å². The minimum Gasteiger partial charge on any atom is -0.493 e. The van der Waals surface area contributed by atoms with E-state index in [0.717, 1.165) is 48.5 Å². The molecule has 20 heavy (non-hydrogen) atoms. The summed E-state index contributed by atoms with van der Waals surface area (Å²) >= 11 is 3.57. The van der Waals surface area contributed by atoms with Crippen molar-refractivity contribution in [3.8, 4) is 5.75 Å². The average molecular weight is 333 g/mol. The molecular weight excluding hydrogens is 316 g/mol. The van der Waals surface area contributed by atoms with Gasteiger partial charge in [-0.15, -0.1) is 0 Å². The molecule has 3 rings (SSSR count). The quantitative estimate of drug-likeness (QED) is 0.854. The van der Waals surface area contributed by atoms with Crippen LogP contribution in [0.1, 0.15) is 16.8 Å². The van der Waals surface area contributed by atoms with E-state index < -0.39 is 0 Å². The third kappa shape index (κ3) is 3.19. The van der Waals surface area contributed by atoms with Crippen molar-refractivity contribution >= 4 is 15.9 Å². The summed E-state index contributed by atoms with van der Waals surface area (Å²) < 4.78 is 6.85. The predicted octanol–water partition coefficient (Wildman–Crippen LogP) is 3.11. The van der Waals surface area contributed by atoms with Crippen LogP contribution in [0.4, 0.5) is 0 Å². The van der Waals surface area contributed by atoms with Gasteiger partial charge in [-0.3, -0.25) is 4.98 Å². The van der Waals surface area contributed by atoms with Crippen LogP contribution in [-0.2, 0) is 19.4 Å². The molecule has 0 amide bonds. The molecule has 0 unspecified atom stereocenters. The van der Waals surface area contributed by atoms with Gasteiger partial charge in [0.2, 0.25) is 0 Å². The van der Waals surface area contributed by atoms with Gasteiger partial charge < -0.3 is 10.1 Å². The fraction of sp³-hybridized carbons (Fsp3) is 0.312. The molecule has 1 aromatic heterocycles. The van der Waals surface area contributed by atoms with Crippen LogP contribution in [0.3, 0.4) is 0 Å². The van der Waals surface area contributed by atoms with Crippen molar-refractivity contribution in [3.05, 3.63) is 57.8 Å². The van der Waals surface area contributed by atoms with E-state index >= 15 is 0 Å². The number of rotatable bonds is 5. The monoisotopic (exact) mass is 332 g/mol. The van der Waals surface area contributed by atoms with Crippen LogP contribution in [0.5, 0.6) is 5.75 Å². The number of benzene rings is 1. The number of halogens is 1. The van der Waals surface area contributed by atoms with Crippen LogP contribution in [0.25, 0.3) is 0 Å². The topological polar surface area (TPSA) is 34.2 Å². The molecule has 0 fully saturated rings. The second-order valence-electron chi connectivity index (χ2n) is 4.90. The molecular formula is C16H17BrN2O. The zero-order valence-electron chi connectivity index (χ0n) is 11.2. The Morgan fingerprint density at radius 2 is 2.25 bits per heavy atom. The number of fused-ring (bicyclic) bond motifs is 1. The highest BCUT2D eigenvalue weighted by Crippen LogP contribution is 2.32. The Hall–Kier alpha value is -1.39. The van der Waals surface area contributed by atoms with E-state index in [-0.39, 0.29) is 0 Å². The Morgan fingerprint density at radius 1 is 1.30 bits per heavy atom. The summed E-state index contributed by atoms with van der Waals surface area (Å²) in [5, 5.41) is 3.47. The van der Waals surface area contributed by atoms with Crippen molar-refractivity contribution < 1.29 is 4.74 Å². The lowest BCUT2D eigenvalue weighted by atomic mass is 10.1. The molecule has 0 atom stereocenters. The van der Waals surface area contributed by atoms with Gasteiger partial charge in [0.05, 0.1) is 6.61 Å². The highest BCUT2D eigenvalue weighted by atomic mass is 79.9. The van der Waals surface area contributed by atoms with Gasteiger partial charge >= 0.3 is 0 Å². The fourth-order valence-corrected chi connectivity index (χ4v) is 3.02. The number of ether oxygens (including phenoxy) is 1. The first-order valence-corrected chi connectivity index (χ1v) is 7.67. The molecule has 1 aromatic carbocycles. The molecule has 2 heterocycles. The van der Waals surface area contributed by atoms with Gasteiger partial charge in [0.15, 0.2) is 0 Å². The van der Waals surface area contributed by atoms with Gasteiger partial charge in [0, 0.05) is 47.9 Å². The van der Waals surface area contributed by atoms with Crippen LogP contribution >= 0.6 is 15.9 Å². The average Bonchev–Trinajstić information content (AvgIpc) is 2.92. The lowest BCUT2D eigenvalue weighted by Gasteiger charge is -2.10. The van der Waals surface area contributed by atoms with Crippen molar-refractivity contribution in [1.29, 1.82) is 0 Å². The highest BCUT2D eigenvalue weighted by molar-refractivity contribution is 9.10. The van der Waals surface area contributed by atoms with Crippen LogP contribution in [0.15, 0.2) is 41.0 Å². The molecule has 1 N–H and O–H groups in total. The first kappa shape index (κ1) is 13.6. The summed E-state index contributed by atoms with van der Waals surface area (Å²) in [4.78, 5) is 4.32. The molecule has 1 aliphatic rings. The minimum absolute atomic E-state index is 0.798. The van der Waals surface area contributed by atoms with E-state index in [1.165, 1.54) is 11.1 Å². The lowest BCUT2D eigenvalue weighted by Crippen LogP contribution is -2.17.